The van der Waals surface area contributed by atoms with Crippen LogP contribution in [0.4, 0.5) is 0 Å². The quantitative estimate of drug-likeness (QED) is 0.795. The number of aromatic nitrogens is 3. The third-order valence-electron chi connectivity index (χ3n) is 2.79. The van der Waals surface area contributed by atoms with Crippen LogP contribution in [0.15, 0.2) is 42.2 Å². The zero-order chi connectivity index (χ0) is 13.2. The number of hydrogen-bond acceptors (Lipinski definition) is 4. The third kappa shape index (κ3) is 2.34. The summed E-state index contributed by atoms with van der Waals surface area (Å²) >= 11 is 1.62. The number of rotatable bonds is 3. The van der Waals surface area contributed by atoms with E-state index in [9.17, 15) is 4.79 Å². The molecule has 0 spiro atoms. The van der Waals surface area contributed by atoms with E-state index in [-0.39, 0.29) is 11.9 Å². The molecule has 1 N–H and O–H groups in total. The summed E-state index contributed by atoms with van der Waals surface area (Å²) in [5, 5.41) is 4.92. The second-order valence-electron chi connectivity index (χ2n) is 4.16. The van der Waals surface area contributed by atoms with Crippen molar-refractivity contribution in [2.75, 3.05) is 0 Å². The fourth-order valence-electron chi connectivity index (χ4n) is 1.82. The molecule has 0 radical (unpaired) electrons. The molecular weight excluding hydrogens is 260 g/mol. The molecule has 3 aromatic rings. The van der Waals surface area contributed by atoms with Crippen molar-refractivity contribution >= 4 is 23.0 Å². The van der Waals surface area contributed by atoms with Gasteiger partial charge in [-0.3, -0.25) is 9.20 Å². The highest BCUT2D eigenvalue weighted by atomic mass is 32.1. The number of amides is 1. The van der Waals surface area contributed by atoms with E-state index in [4.69, 9.17) is 0 Å². The molecule has 0 unspecified atom stereocenters. The standard InChI is InChI=1S/C13H12N4OS/c1-9(11-4-2-7-19-11)15-12(18)10-8-17-6-3-5-14-13(17)16-10/h2-9H,1H3,(H,15,18)/t9-/m1/s1. The van der Waals surface area contributed by atoms with E-state index in [1.165, 1.54) is 0 Å². The fraction of sp³-hybridized carbons (Fsp3) is 0.154. The van der Waals surface area contributed by atoms with Crippen molar-refractivity contribution in [3.8, 4) is 0 Å². The SMILES string of the molecule is C[C@@H](NC(=O)c1cn2cccnc2n1)c1cccs1. The minimum Gasteiger partial charge on any atom is -0.343 e. The van der Waals surface area contributed by atoms with Gasteiger partial charge in [0.15, 0.2) is 0 Å². The van der Waals surface area contributed by atoms with Crippen molar-refractivity contribution in [1.82, 2.24) is 19.7 Å². The van der Waals surface area contributed by atoms with Gasteiger partial charge in [-0.2, -0.15) is 0 Å². The summed E-state index contributed by atoms with van der Waals surface area (Å²) in [6.45, 7) is 1.96. The second kappa shape index (κ2) is 4.81. The van der Waals surface area contributed by atoms with Gasteiger partial charge in [-0.25, -0.2) is 9.97 Å². The van der Waals surface area contributed by atoms with E-state index in [1.807, 2.05) is 30.6 Å². The van der Waals surface area contributed by atoms with Crippen LogP contribution in [0.5, 0.6) is 0 Å². The minimum atomic E-state index is -0.189. The molecule has 5 nitrogen and oxygen atoms in total. The van der Waals surface area contributed by atoms with Crippen LogP contribution in [-0.4, -0.2) is 20.3 Å². The van der Waals surface area contributed by atoms with Crippen LogP contribution in [-0.2, 0) is 0 Å². The number of imidazole rings is 1. The summed E-state index contributed by atoms with van der Waals surface area (Å²) in [6.07, 6.45) is 5.14. The predicted molar refractivity (Wildman–Crippen MR) is 73.2 cm³/mol. The fourth-order valence-corrected chi connectivity index (χ4v) is 2.55. The van der Waals surface area contributed by atoms with Gasteiger partial charge in [0, 0.05) is 23.5 Å². The normalized spacial score (nSPS) is 12.5. The first kappa shape index (κ1) is 11.9. The highest BCUT2D eigenvalue weighted by molar-refractivity contribution is 7.10. The summed E-state index contributed by atoms with van der Waals surface area (Å²) in [5.74, 6) is 0.336. The van der Waals surface area contributed by atoms with E-state index in [2.05, 4.69) is 15.3 Å². The Kier molecular flexibility index (Phi) is 3.00. The Morgan fingerprint density at radius 1 is 1.47 bits per heavy atom. The van der Waals surface area contributed by atoms with Crippen LogP contribution in [0.3, 0.4) is 0 Å². The van der Waals surface area contributed by atoms with Crippen molar-refractivity contribution in [3.63, 3.8) is 0 Å². The molecule has 0 aromatic carbocycles. The van der Waals surface area contributed by atoms with Gasteiger partial charge in [0.25, 0.3) is 5.91 Å². The van der Waals surface area contributed by atoms with Crippen LogP contribution < -0.4 is 5.32 Å². The maximum absolute atomic E-state index is 12.1. The third-order valence-corrected chi connectivity index (χ3v) is 3.84. The van der Waals surface area contributed by atoms with Gasteiger partial charge in [-0.15, -0.1) is 11.3 Å². The van der Waals surface area contributed by atoms with Gasteiger partial charge in [-0.1, -0.05) is 6.07 Å². The van der Waals surface area contributed by atoms with Gasteiger partial charge < -0.3 is 5.32 Å². The lowest BCUT2D eigenvalue weighted by Gasteiger charge is -2.10. The number of nitrogens with zero attached hydrogens (tertiary/aromatic N) is 3. The second-order valence-corrected chi connectivity index (χ2v) is 5.14. The van der Waals surface area contributed by atoms with Crippen molar-refractivity contribution in [1.29, 1.82) is 0 Å². The molecule has 19 heavy (non-hydrogen) atoms. The zero-order valence-corrected chi connectivity index (χ0v) is 11.1. The minimum absolute atomic E-state index is 0.0229. The molecule has 0 aliphatic heterocycles. The molecule has 0 fully saturated rings. The first-order valence-electron chi connectivity index (χ1n) is 5.88. The van der Waals surface area contributed by atoms with Crippen LogP contribution >= 0.6 is 11.3 Å². The average Bonchev–Trinajstić information content (AvgIpc) is 3.07. The summed E-state index contributed by atoms with van der Waals surface area (Å²) in [4.78, 5) is 21.5. The molecule has 0 bridgehead atoms. The topological polar surface area (TPSA) is 59.3 Å². The van der Waals surface area contributed by atoms with E-state index < -0.39 is 0 Å². The Morgan fingerprint density at radius 2 is 2.37 bits per heavy atom. The molecule has 3 aromatic heterocycles. The Labute approximate surface area is 113 Å². The molecule has 0 saturated heterocycles. The van der Waals surface area contributed by atoms with Gasteiger partial charge in [0.2, 0.25) is 5.78 Å². The van der Waals surface area contributed by atoms with Crippen molar-refractivity contribution < 1.29 is 4.79 Å². The Hall–Kier alpha value is -2.21. The van der Waals surface area contributed by atoms with Gasteiger partial charge in [0.05, 0.1) is 6.04 Å². The van der Waals surface area contributed by atoms with Gasteiger partial charge in [-0.05, 0) is 24.4 Å². The van der Waals surface area contributed by atoms with Gasteiger partial charge >= 0.3 is 0 Å². The molecule has 6 heteroatoms. The molecule has 0 aliphatic carbocycles. The van der Waals surface area contributed by atoms with Crippen LogP contribution in [0.1, 0.15) is 28.3 Å². The van der Waals surface area contributed by atoms with E-state index in [0.717, 1.165) is 4.88 Å². The van der Waals surface area contributed by atoms with Crippen LogP contribution in [0, 0.1) is 0 Å². The molecule has 0 saturated carbocycles. The molecular formula is C13H12N4OS. The Balaban J connectivity index is 1.80. The molecule has 3 heterocycles. The summed E-state index contributed by atoms with van der Waals surface area (Å²) in [7, 11) is 0. The average molecular weight is 272 g/mol. The van der Waals surface area contributed by atoms with Crippen molar-refractivity contribution in [2.45, 2.75) is 13.0 Å². The lowest BCUT2D eigenvalue weighted by molar-refractivity contribution is 0.0936. The highest BCUT2D eigenvalue weighted by Gasteiger charge is 2.15. The maximum atomic E-state index is 12.1. The van der Waals surface area contributed by atoms with Crippen molar-refractivity contribution in [3.05, 3.63) is 52.7 Å². The lowest BCUT2D eigenvalue weighted by atomic mass is 10.2. The Bertz CT molecular complexity index is 671. The molecule has 3 rings (SSSR count). The lowest BCUT2D eigenvalue weighted by Crippen LogP contribution is -2.26. The van der Waals surface area contributed by atoms with Gasteiger partial charge in [0.1, 0.15) is 5.69 Å². The number of fused-ring (bicyclic) bond motifs is 1. The number of nitrogens with one attached hydrogen (secondary N) is 1. The number of carbonyl (C=O) groups excluding carboxylic acids is 1. The largest absolute Gasteiger partial charge is 0.343 e. The highest BCUT2D eigenvalue weighted by Crippen LogP contribution is 2.18. The molecule has 0 aliphatic rings. The maximum Gasteiger partial charge on any atom is 0.272 e. The number of thiophene rings is 1. The zero-order valence-electron chi connectivity index (χ0n) is 10.3. The summed E-state index contributed by atoms with van der Waals surface area (Å²) in [6, 6.07) is 5.74. The molecule has 1 atom stereocenters. The number of carbonyl (C=O) groups is 1. The molecule has 96 valence electrons. The van der Waals surface area contributed by atoms with Crippen LogP contribution in [0.25, 0.3) is 5.78 Å². The number of hydrogen-bond donors (Lipinski definition) is 1. The first-order chi connectivity index (χ1) is 9.24. The van der Waals surface area contributed by atoms with E-state index >= 15 is 0 Å². The molecule has 1 amide bonds. The smallest absolute Gasteiger partial charge is 0.272 e. The summed E-state index contributed by atoms with van der Waals surface area (Å²) in [5.41, 5.74) is 0.377. The summed E-state index contributed by atoms with van der Waals surface area (Å²) < 4.78 is 1.73. The van der Waals surface area contributed by atoms with Crippen molar-refractivity contribution in [2.24, 2.45) is 0 Å². The Morgan fingerprint density at radius 3 is 3.11 bits per heavy atom. The predicted octanol–water partition coefficient (Wildman–Crippen LogP) is 2.28. The van der Waals surface area contributed by atoms with E-state index in [1.54, 1.807) is 34.2 Å². The first-order valence-corrected chi connectivity index (χ1v) is 6.76. The van der Waals surface area contributed by atoms with E-state index in [0.29, 0.717) is 11.5 Å². The van der Waals surface area contributed by atoms with Crippen LogP contribution in [0.2, 0.25) is 0 Å². The monoisotopic (exact) mass is 272 g/mol.